The van der Waals surface area contributed by atoms with E-state index in [0.29, 0.717) is 17.2 Å². The van der Waals surface area contributed by atoms with Crippen LogP contribution in [0, 0.1) is 0 Å². The number of para-hydroxylation sites is 1. The molecule has 1 atom stereocenters. The molecule has 3 rings (SSSR count). The second-order valence-electron chi connectivity index (χ2n) is 9.51. The third-order valence-corrected chi connectivity index (χ3v) is 6.04. The Hall–Kier alpha value is -3.31. The van der Waals surface area contributed by atoms with Crippen molar-refractivity contribution >= 4 is 23.4 Å². The highest BCUT2D eigenvalue weighted by molar-refractivity contribution is 6.30. The molecule has 0 unspecified atom stereocenters. The van der Waals surface area contributed by atoms with E-state index in [0.717, 1.165) is 16.7 Å². The number of carbonyl (C=O) groups is 2. The van der Waals surface area contributed by atoms with Crippen molar-refractivity contribution in [2.75, 3.05) is 13.7 Å². The number of nitrogens with one attached hydrogen (secondary N) is 1. The van der Waals surface area contributed by atoms with Gasteiger partial charge in [0, 0.05) is 25.0 Å². The Bertz CT molecular complexity index is 1140. The second-order valence-corrected chi connectivity index (χ2v) is 9.94. The van der Waals surface area contributed by atoms with Gasteiger partial charge in [0.25, 0.3) is 5.91 Å². The Morgan fingerprint density at radius 3 is 2.26 bits per heavy atom. The Morgan fingerprint density at radius 2 is 1.60 bits per heavy atom. The van der Waals surface area contributed by atoms with Gasteiger partial charge in [0.2, 0.25) is 5.91 Å². The molecule has 0 spiro atoms. The highest BCUT2D eigenvalue weighted by atomic mass is 35.5. The van der Waals surface area contributed by atoms with Gasteiger partial charge in [-0.2, -0.15) is 0 Å². The van der Waals surface area contributed by atoms with Gasteiger partial charge in [-0.25, -0.2) is 0 Å². The summed E-state index contributed by atoms with van der Waals surface area (Å²) in [7, 11) is 1.58. The molecule has 0 saturated heterocycles. The van der Waals surface area contributed by atoms with Crippen LogP contribution >= 0.6 is 11.6 Å². The van der Waals surface area contributed by atoms with Gasteiger partial charge in [-0.05, 0) is 40.3 Å². The van der Waals surface area contributed by atoms with Crippen LogP contribution in [0.25, 0.3) is 0 Å². The number of halogens is 1. The van der Waals surface area contributed by atoms with Crippen molar-refractivity contribution in [3.63, 3.8) is 0 Å². The molecule has 0 heterocycles. The zero-order valence-corrected chi connectivity index (χ0v) is 21.5. The van der Waals surface area contributed by atoms with Crippen molar-refractivity contribution in [2.24, 2.45) is 0 Å². The van der Waals surface area contributed by atoms with E-state index in [1.54, 1.807) is 24.1 Å². The molecule has 0 aliphatic carbocycles. The molecule has 3 aromatic rings. The average molecular weight is 493 g/mol. The first-order valence-electron chi connectivity index (χ1n) is 11.7. The number of hydrogen-bond acceptors (Lipinski definition) is 3. The molecule has 5 nitrogen and oxygen atoms in total. The molecule has 3 aromatic carbocycles. The number of benzene rings is 3. The summed E-state index contributed by atoms with van der Waals surface area (Å²) in [5, 5.41) is 3.29. The van der Waals surface area contributed by atoms with Gasteiger partial charge >= 0.3 is 0 Å². The summed E-state index contributed by atoms with van der Waals surface area (Å²) in [6, 6.07) is 24.0. The van der Waals surface area contributed by atoms with Crippen molar-refractivity contribution < 1.29 is 14.3 Å². The van der Waals surface area contributed by atoms with E-state index >= 15 is 0 Å². The van der Waals surface area contributed by atoms with Crippen LogP contribution in [0.15, 0.2) is 78.9 Å². The molecule has 0 fully saturated rings. The van der Waals surface area contributed by atoms with Crippen molar-refractivity contribution in [1.82, 2.24) is 10.2 Å². The highest BCUT2D eigenvalue weighted by Gasteiger charge is 2.30. The fourth-order valence-electron chi connectivity index (χ4n) is 3.99. The lowest BCUT2D eigenvalue weighted by Crippen LogP contribution is -2.51. The van der Waals surface area contributed by atoms with Crippen molar-refractivity contribution in [2.45, 2.75) is 45.2 Å². The van der Waals surface area contributed by atoms with Gasteiger partial charge in [-0.3, -0.25) is 9.59 Å². The minimum absolute atomic E-state index is 0.141. The maximum absolute atomic E-state index is 13.6. The first-order chi connectivity index (χ1) is 16.7. The number of likely N-dealkylation sites (N-methyl/N-ethyl adjacent to an activating group) is 1. The number of rotatable bonds is 9. The smallest absolute Gasteiger partial charge is 0.261 e. The summed E-state index contributed by atoms with van der Waals surface area (Å²) in [6.07, 6.45) is 0.380. The van der Waals surface area contributed by atoms with Crippen LogP contribution in [0.3, 0.4) is 0 Å². The van der Waals surface area contributed by atoms with Gasteiger partial charge in [-0.1, -0.05) is 93.0 Å². The Morgan fingerprint density at radius 1 is 0.943 bits per heavy atom. The molecule has 0 aliphatic heterocycles. The topological polar surface area (TPSA) is 58.6 Å². The van der Waals surface area contributed by atoms with Crippen LogP contribution < -0.4 is 10.1 Å². The number of nitrogens with zero attached hydrogens (tertiary/aromatic N) is 1. The maximum Gasteiger partial charge on any atom is 0.261 e. The summed E-state index contributed by atoms with van der Waals surface area (Å²) < 4.78 is 6.03. The molecular weight excluding hydrogens is 460 g/mol. The molecule has 0 aliphatic rings. The van der Waals surface area contributed by atoms with Gasteiger partial charge in [0.15, 0.2) is 6.61 Å². The van der Waals surface area contributed by atoms with Crippen LogP contribution in [0.2, 0.25) is 5.02 Å². The SMILES string of the molecule is CNC(=O)[C@H](Cc1ccccc1)N(Cc1cccc(Cl)c1)C(=O)COc1ccccc1C(C)(C)C. The Labute approximate surface area is 213 Å². The molecule has 0 bridgehead atoms. The summed E-state index contributed by atoms with van der Waals surface area (Å²) >= 11 is 6.20. The normalized spacial score (nSPS) is 12.0. The summed E-state index contributed by atoms with van der Waals surface area (Å²) in [4.78, 5) is 28.2. The fourth-order valence-corrected chi connectivity index (χ4v) is 4.20. The minimum atomic E-state index is -0.713. The summed E-state index contributed by atoms with van der Waals surface area (Å²) in [5.74, 6) is 0.146. The van der Waals surface area contributed by atoms with Crippen molar-refractivity contribution in [1.29, 1.82) is 0 Å². The second kappa shape index (κ2) is 11.9. The van der Waals surface area contributed by atoms with E-state index in [4.69, 9.17) is 16.3 Å². The average Bonchev–Trinajstić information content (AvgIpc) is 2.84. The molecule has 184 valence electrons. The van der Waals surface area contributed by atoms with Crippen LogP contribution in [-0.2, 0) is 28.0 Å². The van der Waals surface area contributed by atoms with E-state index in [1.807, 2.05) is 66.7 Å². The largest absolute Gasteiger partial charge is 0.483 e. The first kappa shape index (κ1) is 26.3. The molecule has 1 N–H and O–H groups in total. The maximum atomic E-state index is 13.6. The Balaban J connectivity index is 1.91. The molecule has 0 radical (unpaired) electrons. The lowest BCUT2D eigenvalue weighted by atomic mass is 9.86. The van der Waals surface area contributed by atoms with E-state index < -0.39 is 6.04 Å². The fraction of sp³-hybridized carbons (Fsp3) is 0.310. The van der Waals surface area contributed by atoms with E-state index in [1.165, 1.54) is 0 Å². The highest BCUT2D eigenvalue weighted by Crippen LogP contribution is 2.31. The number of hydrogen-bond donors (Lipinski definition) is 1. The predicted molar refractivity (Wildman–Crippen MR) is 141 cm³/mol. The van der Waals surface area contributed by atoms with Crippen molar-refractivity contribution in [3.05, 3.63) is 101 Å². The first-order valence-corrected chi connectivity index (χ1v) is 12.1. The standard InChI is InChI=1S/C29H33ClN2O3/c1-29(2,3)24-15-8-9-16-26(24)35-20-27(33)32(19-22-13-10-14-23(30)17-22)25(28(34)31-4)18-21-11-6-5-7-12-21/h5-17,25H,18-20H2,1-4H3,(H,31,34)/t25-/m0/s1. The molecule has 0 aromatic heterocycles. The predicted octanol–water partition coefficient (Wildman–Crippen LogP) is 5.40. The number of amides is 2. The lowest BCUT2D eigenvalue weighted by molar-refractivity contribution is -0.142. The zero-order chi connectivity index (χ0) is 25.4. The summed E-state index contributed by atoms with van der Waals surface area (Å²) in [5.41, 5.74) is 2.67. The molecule has 2 amide bonds. The van der Waals surface area contributed by atoms with E-state index in [9.17, 15) is 9.59 Å². The quantitative estimate of drug-likeness (QED) is 0.435. The molecular formula is C29H33ClN2O3. The van der Waals surface area contributed by atoms with Gasteiger partial charge in [0.1, 0.15) is 11.8 Å². The van der Waals surface area contributed by atoms with E-state index in [2.05, 4.69) is 26.1 Å². The molecule has 6 heteroatoms. The van der Waals surface area contributed by atoms with Crippen LogP contribution in [-0.4, -0.2) is 36.4 Å². The molecule has 35 heavy (non-hydrogen) atoms. The van der Waals surface area contributed by atoms with Crippen LogP contribution in [0.1, 0.15) is 37.5 Å². The zero-order valence-electron chi connectivity index (χ0n) is 20.8. The summed E-state index contributed by atoms with van der Waals surface area (Å²) in [6.45, 7) is 6.35. The molecule has 0 saturated carbocycles. The number of carbonyl (C=O) groups excluding carboxylic acids is 2. The van der Waals surface area contributed by atoms with Gasteiger partial charge in [0.05, 0.1) is 0 Å². The lowest BCUT2D eigenvalue weighted by Gasteiger charge is -2.31. The van der Waals surface area contributed by atoms with Crippen LogP contribution in [0.5, 0.6) is 5.75 Å². The third kappa shape index (κ3) is 7.33. The van der Waals surface area contributed by atoms with Crippen LogP contribution in [0.4, 0.5) is 0 Å². The third-order valence-electron chi connectivity index (χ3n) is 5.81. The van der Waals surface area contributed by atoms with Crippen molar-refractivity contribution in [3.8, 4) is 5.75 Å². The monoisotopic (exact) mass is 492 g/mol. The van der Waals surface area contributed by atoms with E-state index in [-0.39, 0.29) is 30.4 Å². The minimum Gasteiger partial charge on any atom is -0.483 e. The van der Waals surface area contributed by atoms with Gasteiger partial charge < -0.3 is 15.0 Å². The Kier molecular flexibility index (Phi) is 8.94. The van der Waals surface area contributed by atoms with Gasteiger partial charge in [-0.15, -0.1) is 0 Å². The number of ether oxygens (including phenoxy) is 1.